The van der Waals surface area contributed by atoms with Crippen LogP contribution in [-0.4, -0.2) is 6.61 Å². The lowest BCUT2D eigenvalue weighted by Crippen LogP contribution is -1.82. The molecule has 0 N–H and O–H groups in total. The first-order valence-electron chi connectivity index (χ1n) is 2.25. The van der Waals surface area contributed by atoms with E-state index in [2.05, 4.69) is 4.74 Å². The van der Waals surface area contributed by atoms with Gasteiger partial charge in [0.2, 0.25) is 0 Å². The molecule has 2 heteroatoms. The maximum Gasteiger partial charge on any atom is 0.268 e. The minimum Gasteiger partial charge on any atom is -0.471 e. The van der Waals surface area contributed by atoms with Crippen molar-refractivity contribution in [1.82, 2.24) is 0 Å². The molecule has 0 aromatic carbocycles. The average molecular weight is 104 g/mol. The molecule has 0 fully saturated rings. The van der Waals surface area contributed by atoms with Crippen molar-refractivity contribution in [3.05, 3.63) is 12.1 Å². The normalized spacial score (nSPS) is 11.6. The van der Waals surface area contributed by atoms with E-state index >= 15 is 0 Å². The predicted octanol–water partition coefficient (Wildman–Crippen LogP) is 1.85. The minimum atomic E-state index is -0.498. The molecule has 0 bridgehead atoms. The Morgan fingerprint density at radius 2 is 2.43 bits per heavy atom. The summed E-state index contributed by atoms with van der Waals surface area (Å²) >= 11 is 0. The molecule has 0 saturated carbocycles. The van der Waals surface area contributed by atoms with E-state index in [-0.39, 0.29) is 0 Å². The van der Waals surface area contributed by atoms with E-state index in [0.29, 0.717) is 6.61 Å². The van der Waals surface area contributed by atoms with Gasteiger partial charge in [0.1, 0.15) is 0 Å². The summed E-state index contributed by atoms with van der Waals surface area (Å²) in [6, 6.07) is -0.498. The zero-order chi connectivity index (χ0) is 5.70. The second-order valence-electron chi connectivity index (χ2n) is 1.03. The highest BCUT2D eigenvalue weighted by Crippen LogP contribution is 1.95. The second kappa shape index (κ2) is 3.65. The minimum absolute atomic E-state index is 0.399. The summed E-state index contributed by atoms with van der Waals surface area (Å²) in [5.74, 6) is 0. The maximum absolute atomic E-state index is 11.8. The Labute approximate surface area is 42.8 Å². The Bertz CT molecular complexity index is 68.5. The third-order valence-electron chi connectivity index (χ3n) is 0.509. The van der Waals surface area contributed by atoms with E-state index in [1.165, 1.54) is 6.08 Å². The van der Waals surface area contributed by atoms with Crippen molar-refractivity contribution < 1.29 is 9.13 Å². The average Bonchev–Trinajstić information content (AvgIpc) is 1.68. The van der Waals surface area contributed by atoms with Gasteiger partial charge in [-0.3, -0.25) is 0 Å². The third-order valence-corrected chi connectivity index (χ3v) is 0.509. The Morgan fingerprint density at radius 1 is 1.86 bits per heavy atom. The van der Waals surface area contributed by atoms with Crippen LogP contribution in [0.15, 0.2) is 12.1 Å². The van der Waals surface area contributed by atoms with Crippen molar-refractivity contribution in [2.75, 3.05) is 6.61 Å². The molecule has 0 rings (SSSR count). The van der Waals surface area contributed by atoms with Crippen LogP contribution in [0.3, 0.4) is 0 Å². The number of hydrogen-bond acceptors (Lipinski definition) is 1. The third kappa shape index (κ3) is 3.30. The summed E-state index contributed by atoms with van der Waals surface area (Å²) < 4.78 is 16.2. The molecular formula is C5H9FO. The van der Waals surface area contributed by atoms with Crippen LogP contribution < -0.4 is 0 Å². The molecule has 1 nitrogen and oxygen atoms in total. The quantitative estimate of drug-likeness (QED) is 0.486. The van der Waals surface area contributed by atoms with Gasteiger partial charge in [0.05, 0.1) is 6.61 Å². The molecule has 0 aromatic rings. The van der Waals surface area contributed by atoms with Crippen LogP contribution in [0.1, 0.15) is 13.8 Å². The zero-order valence-electron chi connectivity index (χ0n) is 4.57. The first kappa shape index (κ1) is 6.47. The van der Waals surface area contributed by atoms with Gasteiger partial charge < -0.3 is 4.74 Å². The van der Waals surface area contributed by atoms with Gasteiger partial charge in [-0.1, -0.05) is 0 Å². The number of halogens is 1. The predicted molar refractivity (Wildman–Crippen MR) is 26.5 cm³/mol. The van der Waals surface area contributed by atoms with Crippen LogP contribution in [-0.2, 0) is 4.74 Å². The number of rotatable bonds is 2. The van der Waals surface area contributed by atoms with Crippen molar-refractivity contribution in [3.63, 3.8) is 0 Å². The molecule has 0 saturated heterocycles. The first-order chi connectivity index (χ1) is 3.31. The molecule has 0 spiro atoms. The largest absolute Gasteiger partial charge is 0.471 e. The van der Waals surface area contributed by atoms with Gasteiger partial charge in [-0.05, 0) is 19.9 Å². The molecule has 0 aliphatic heterocycles. The molecule has 0 atom stereocenters. The molecule has 7 heavy (non-hydrogen) atoms. The lowest BCUT2D eigenvalue weighted by Gasteiger charge is -1.93. The lowest BCUT2D eigenvalue weighted by atomic mass is 10.7. The Balaban J connectivity index is 3.17. The molecule has 0 aliphatic rings. The molecule has 42 valence electrons. The Morgan fingerprint density at radius 3 is 2.57 bits per heavy atom. The van der Waals surface area contributed by atoms with E-state index in [4.69, 9.17) is 0 Å². The lowest BCUT2D eigenvalue weighted by molar-refractivity contribution is 0.157. The van der Waals surface area contributed by atoms with Crippen molar-refractivity contribution in [1.29, 1.82) is 0 Å². The zero-order valence-corrected chi connectivity index (χ0v) is 4.57. The Hall–Kier alpha value is -0.530. The van der Waals surface area contributed by atoms with Gasteiger partial charge in [-0.25, -0.2) is 0 Å². The SMILES string of the molecule is C/C=C(/F)OCC. The maximum atomic E-state index is 11.8. The molecule has 0 unspecified atom stereocenters. The van der Waals surface area contributed by atoms with Crippen LogP contribution in [0.5, 0.6) is 0 Å². The first-order valence-corrected chi connectivity index (χ1v) is 2.25. The standard InChI is InChI=1S/C5H9FO/c1-3-5(6)7-4-2/h3H,4H2,1-2H3/b5-3-. The van der Waals surface area contributed by atoms with Crippen LogP contribution in [0, 0.1) is 0 Å². The highest BCUT2D eigenvalue weighted by molar-refractivity contribution is 4.75. The fourth-order valence-electron chi connectivity index (χ4n) is 0.221. The number of ether oxygens (including phenoxy) is 1. The topological polar surface area (TPSA) is 9.23 Å². The van der Waals surface area contributed by atoms with Crippen molar-refractivity contribution in [2.24, 2.45) is 0 Å². The summed E-state index contributed by atoms with van der Waals surface area (Å²) in [5, 5.41) is 0. The van der Waals surface area contributed by atoms with Gasteiger partial charge in [0, 0.05) is 0 Å². The molecule has 0 amide bonds. The van der Waals surface area contributed by atoms with Gasteiger partial charge in [-0.15, -0.1) is 0 Å². The van der Waals surface area contributed by atoms with Crippen LogP contribution in [0.4, 0.5) is 4.39 Å². The van der Waals surface area contributed by atoms with E-state index in [1.54, 1.807) is 13.8 Å². The van der Waals surface area contributed by atoms with E-state index in [0.717, 1.165) is 0 Å². The summed E-state index contributed by atoms with van der Waals surface area (Å²) in [4.78, 5) is 0. The molecule has 0 heterocycles. The van der Waals surface area contributed by atoms with E-state index in [1.807, 2.05) is 0 Å². The summed E-state index contributed by atoms with van der Waals surface area (Å²) in [6.07, 6.45) is 1.28. The smallest absolute Gasteiger partial charge is 0.268 e. The van der Waals surface area contributed by atoms with Gasteiger partial charge >= 0.3 is 0 Å². The van der Waals surface area contributed by atoms with Crippen LogP contribution >= 0.6 is 0 Å². The number of allylic oxidation sites excluding steroid dienone is 1. The molecule has 0 radical (unpaired) electrons. The van der Waals surface area contributed by atoms with E-state index < -0.39 is 6.01 Å². The summed E-state index contributed by atoms with van der Waals surface area (Å²) in [5.41, 5.74) is 0. The van der Waals surface area contributed by atoms with Gasteiger partial charge in [0.15, 0.2) is 0 Å². The monoisotopic (exact) mass is 104 g/mol. The Kier molecular flexibility index (Phi) is 3.38. The second-order valence-corrected chi connectivity index (χ2v) is 1.03. The van der Waals surface area contributed by atoms with Gasteiger partial charge in [0.25, 0.3) is 6.01 Å². The van der Waals surface area contributed by atoms with Crippen molar-refractivity contribution in [2.45, 2.75) is 13.8 Å². The number of hydrogen-bond donors (Lipinski definition) is 0. The van der Waals surface area contributed by atoms with Crippen LogP contribution in [0.2, 0.25) is 0 Å². The highest BCUT2D eigenvalue weighted by Gasteiger charge is 1.83. The van der Waals surface area contributed by atoms with Crippen molar-refractivity contribution in [3.8, 4) is 0 Å². The van der Waals surface area contributed by atoms with Gasteiger partial charge in [-0.2, -0.15) is 4.39 Å². The summed E-state index contributed by atoms with van der Waals surface area (Å²) in [6.45, 7) is 3.73. The molecule has 0 aliphatic carbocycles. The van der Waals surface area contributed by atoms with E-state index in [9.17, 15) is 4.39 Å². The van der Waals surface area contributed by atoms with Crippen LogP contribution in [0.25, 0.3) is 0 Å². The summed E-state index contributed by atoms with van der Waals surface area (Å²) in [7, 11) is 0. The fraction of sp³-hybridized carbons (Fsp3) is 0.600. The molecule has 0 aromatic heterocycles. The van der Waals surface area contributed by atoms with Crippen molar-refractivity contribution >= 4 is 0 Å². The fourth-order valence-corrected chi connectivity index (χ4v) is 0.221. The molecular weight excluding hydrogens is 95.1 g/mol. The highest BCUT2D eigenvalue weighted by atomic mass is 19.1.